The smallest absolute Gasteiger partial charge is 0.223 e. The first-order chi connectivity index (χ1) is 24.2. The maximum Gasteiger partial charge on any atom is 0.223 e. The van der Waals surface area contributed by atoms with Gasteiger partial charge in [0, 0.05) is 39.1 Å². The van der Waals surface area contributed by atoms with Crippen LogP contribution in [-0.4, -0.2) is 29.0 Å². The molecule has 4 aromatic heterocycles. The van der Waals surface area contributed by atoms with Crippen molar-refractivity contribution in [3.8, 4) is 34.3 Å². The summed E-state index contributed by atoms with van der Waals surface area (Å²) in [5.74, 6) is 2.67. The van der Waals surface area contributed by atoms with E-state index in [1.807, 2.05) is 47.2 Å². The first-order valence-electron chi connectivity index (χ1n) is 18.1. The van der Waals surface area contributed by atoms with E-state index in [0.717, 1.165) is 61.5 Å². The van der Waals surface area contributed by atoms with Gasteiger partial charge in [0.05, 0.1) is 22.3 Å². The van der Waals surface area contributed by atoms with E-state index in [0.29, 0.717) is 17.3 Å². The fourth-order valence-electron chi connectivity index (χ4n) is 6.67. The van der Waals surface area contributed by atoms with Gasteiger partial charge in [0.25, 0.3) is 0 Å². The van der Waals surface area contributed by atoms with Crippen LogP contribution in [0, 0.1) is 6.07 Å². The number of imidazole rings is 2. The molecule has 0 aliphatic carbocycles. The maximum atomic E-state index is 11.8. The second-order valence-corrected chi connectivity index (χ2v) is 18.1. The molecular formula is C45H50N5O2Pt-. The molecule has 0 aliphatic rings. The topological polar surface area (TPSA) is 77.5 Å². The molecule has 0 fully saturated rings. The Morgan fingerprint density at radius 3 is 1.98 bits per heavy atom. The molecule has 0 amide bonds. The largest absolute Gasteiger partial charge is 0.517 e. The SMILES string of the molecule is CC(C)(C)c1cc(Oc2ccc3c(n2)n(-c2cc(C(C)(C)C)ccn2)c2nc4ccccc4n32)[c-]c(-c2cc(C(C)(C)C)cc(C(C)(C)C)c2O)c1.[Pt]. The zero-order valence-electron chi connectivity index (χ0n) is 32.9. The van der Waals surface area contributed by atoms with E-state index >= 15 is 0 Å². The normalized spacial score (nSPS) is 12.8. The Labute approximate surface area is 327 Å². The molecular weight excluding hydrogens is 838 g/mol. The Bertz CT molecular complexity index is 2500. The molecule has 0 aliphatic heterocycles. The Balaban J connectivity index is 0.00000481. The van der Waals surface area contributed by atoms with Crippen molar-refractivity contribution in [1.29, 1.82) is 0 Å². The third-order valence-electron chi connectivity index (χ3n) is 9.86. The van der Waals surface area contributed by atoms with Gasteiger partial charge in [-0.2, -0.15) is 4.98 Å². The number of rotatable bonds is 4. The first-order valence-corrected chi connectivity index (χ1v) is 18.1. The number of benzene rings is 3. The van der Waals surface area contributed by atoms with Gasteiger partial charge < -0.3 is 9.84 Å². The van der Waals surface area contributed by atoms with E-state index in [9.17, 15) is 5.11 Å². The number of phenolic OH excluding ortho intramolecular Hbond substituents is 1. The van der Waals surface area contributed by atoms with E-state index in [4.69, 9.17) is 19.7 Å². The predicted molar refractivity (Wildman–Crippen MR) is 212 cm³/mol. The summed E-state index contributed by atoms with van der Waals surface area (Å²) in [7, 11) is 0. The average molecular weight is 888 g/mol. The van der Waals surface area contributed by atoms with Gasteiger partial charge in [0.15, 0.2) is 5.65 Å². The quantitative estimate of drug-likeness (QED) is 0.178. The number of para-hydroxylation sites is 2. The van der Waals surface area contributed by atoms with Crippen molar-refractivity contribution >= 4 is 28.0 Å². The van der Waals surface area contributed by atoms with Gasteiger partial charge >= 0.3 is 0 Å². The van der Waals surface area contributed by atoms with Crippen molar-refractivity contribution < 1.29 is 30.9 Å². The first kappa shape index (κ1) is 38.2. The molecule has 0 saturated carbocycles. The minimum Gasteiger partial charge on any atom is -0.517 e. The van der Waals surface area contributed by atoms with Crippen LogP contribution in [0.3, 0.4) is 0 Å². The molecule has 3 aromatic carbocycles. The van der Waals surface area contributed by atoms with E-state index in [1.54, 1.807) is 0 Å². The number of ether oxygens (including phenoxy) is 1. The van der Waals surface area contributed by atoms with Crippen LogP contribution in [0.1, 0.15) is 105 Å². The van der Waals surface area contributed by atoms with Crippen LogP contribution in [-0.2, 0) is 42.7 Å². The standard InChI is InChI=1S/C45H50N5O2.Pt/c1-42(2,3)28-19-20-46-37(26-28)50-40-36(49-35-16-14-13-15-34(35)47-41(49)50)17-18-38(48-40)52-31-22-27(21-29(23-31)43(4,5)6)32-24-30(44(7,8)9)25-33(39(32)51)45(10,11)12;/h13-21,23-26,51H,1-12H3;/q-1;. The Morgan fingerprint density at radius 1 is 0.660 bits per heavy atom. The predicted octanol–water partition coefficient (Wildman–Crippen LogP) is 11.4. The molecule has 0 radical (unpaired) electrons. The number of aromatic nitrogens is 5. The molecule has 0 unspecified atom stereocenters. The zero-order valence-corrected chi connectivity index (χ0v) is 35.2. The van der Waals surface area contributed by atoms with Crippen molar-refractivity contribution in [1.82, 2.24) is 23.9 Å². The number of hydrogen-bond donors (Lipinski definition) is 1. The van der Waals surface area contributed by atoms with Crippen molar-refractivity contribution in [3.05, 3.63) is 107 Å². The number of pyridine rings is 2. The molecule has 4 heterocycles. The number of fused-ring (bicyclic) bond motifs is 5. The van der Waals surface area contributed by atoms with Crippen LogP contribution in [0.4, 0.5) is 0 Å². The third kappa shape index (κ3) is 7.13. The molecule has 1 N–H and O–H groups in total. The Hall–Kier alpha value is -4.48. The van der Waals surface area contributed by atoms with Gasteiger partial charge in [-0.25, -0.2) is 14.5 Å². The molecule has 0 atom stereocenters. The molecule has 7 aromatic rings. The zero-order chi connectivity index (χ0) is 37.5. The van der Waals surface area contributed by atoms with Crippen LogP contribution >= 0.6 is 0 Å². The van der Waals surface area contributed by atoms with Crippen molar-refractivity contribution in [3.63, 3.8) is 0 Å². The van der Waals surface area contributed by atoms with Crippen LogP contribution in [0.15, 0.2) is 79.0 Å². The molecule has 7 rings (SSSR count). The summed E-state index contributed by atoms with van der Waals surface area (Å²) in [4.78, 5) is 15.0. The Morgan fingerprint density at radius 2 is 1.32 bits per heavy atom. The molecule has 53 heavy (non-hydrogen) atoms. The van der Waals surface area contributed by atoms with Gasteiger partial charge in [0.1, 0.15) is 5.82 Å². The van der Waals surface area contributed by atoms with Crippen molar-refractivity contribution in [2.75, 3.05) is 0 Å². The second-order valence-electron chi connectivity index (χ2n) is 18.1. The number of nitrogens with zero attached hydrogens (tertiary/aromatic N) is 5. The van der Waals surface area contributed by atoms with Crippen LogP contribution in [0.5, 0.6) is 17.4 Å². The summed E-state index contributed by atoms with van der Waals surface area (Å²) < 4.78 is 10.8. The summed E-state index contributed by atoms with van der Waals surface area (Å²) in [5, 5.41) is 11.8. The molecule has 0 spiro atoms. The third-order valence-corrected chi connectivity index (χ3v) is 9.86. The number of aromatic hydroxyl groups is 1. The van der Waals surface area contributed by atoms with E-state index in [2.05, 4.69) is 130 Å². The van der Waals surface area contributed by atoms with E-state index < -0.39 is 0 Å². The van der Waals surface area contributed by atoms with Crippen LogP contribution in [0.25, 0.3) is 44.9 Å². The Kier molecular flexibility index (Phi) is 9.47. The van der Waals surface area contributed by atoms with Gasteiger partial charge in [-0.15, -0.1) is 17.2 Å². The molecule has 278 valence electrons. The molecule has 0 bridgehead atoms. The minimum absolute atomic E-state index is 0. The van der Waals surface area contributed by atoms with Crippen LogP contribution < -0.4 is 4.74 Å². The van der Waals surface area contributed by atoms with E-state index in [1.165, 1.54) is 0 Å². The second kappa shape index (κ2) is 13.1. The van der Waals surface area contributed by atoms with E-state index in [-0.39, 0.29) is 48.5 Å². The van der Waals surface area contributed by atoms with Crippen molar-refractivity contribution in [2.24, 2.45) is 0 Å². The molecule has 7 nitrogen and oxygen atoms in total. The van der Waals surface area contributed by atoms with Crippen molar-refractivity contribution in [2.45, 2.75) is 105 Å². The monoisotopic (exact) mass is 887 g/mol. The summed E-state index contributed by atoms with van der Waals surface area (Å²) in [6.07, 6.45) is 1.85. The molecule has 8 heteroatoms. The van der Waals surface area contributed by atoms with Gasteiger partial charge in [-0.3, -0.25) is 4.40 Å². The number of hydrogen-bond acceptors (Lipinski definition) is 5. The summed E-state index contributed by atoms with van der Waals surface area (Å²) in [6, 6.07) is 28.2. The van der Waals surface area contributed by atoms with Crippen LogP contribution in [0.2, 0.25) is 0 Å². The van der Waals surface area contributed by atoms with Gasteiger partial charge in [-0.05, 0) is 63.1 Å². The maximum absolute atomic E-state index is 11.8. The fraction of sp³-hybridized carbons (Fsp3) is 0.356. The summed E-state index contributed by atoms with van der Waals surface area (Å²) in [6.45, 7) is 26.1. The molecule has 0 saturated heterocycles. The summed E-state index contributed by atoms with van der Waals surface area (Å²) >= 11 is 0. The minimum atomic E-state index is -0.262. The fourth-order valence-corrected chi connectivity index (χ4v) is 6.67. The average Bonchev–Trinajstić information content (AvgIpc) is 3.57. The van der Waals surface area contributed by atoms with Gasteiger partial charge in [-0.1, -0.05) is 131 Å². The number of phenols is 1. The summed E-state index contributed by atoms with van der Waals surface area (Å²) in [5.41, 5.74) is 8.60. The van der Waals surface area contributed by atoms with Gasteiger partial charge in [0.2, 0.25) is 11.7 Å².